The van der Waals surface area contributed by atoms with E-state index in [1.54, 1.807) is 7.05 Å². The number of likely N-dealkylation sites (tertiary alicyclic amines) is 1. The number of rotatable bonds is 5. The predicted molar refractivity (Wildman–Crippen MR) is 98.5 cm³/mol. The lowest BCUT2D eigenvalue weighted by Crippen LogP contribution is -2.41. The lowest BCUT2D eigenvalue weighted by molar-refractivity contribution is 0.289. The third kappa shape index (κ3) is 5.59. The minimum Gasteiger partial charge on any atom is -0.355 e. The molecule has 2 heterocycles. The van der Waals surface area contributed by atoms with Crippen LogP contribution in [-0.2, 0) is 13.6 Å². The van der Waals surface area contributed by atoms with Crippen molar-refractivity contribution in [2.24, 2.45) is 12.0 Å². The van der Waals surface area contributed by atoms with Crippen molar-refractivity contribution in [3.05, 3.63) is 21.9 Å². The van der Waals surface area contributed by atoms with Crippen LogP contribution in [0.5, 0.6) is 0 Å². The van der Waals surface area contributed by atoms with E-state index in [-0.39, 0.29) is 0 Å². The maximum Gasteiger partial charge on any atom is 0.191 e. The molecule has 0 bridgehead atoms. The second-order valence-electron chi connectivity index (χ2n) is 5.94. The van der Waals surface area contributed by atoms with E-state index in [0.29, 0.717) is 16.7 Å². The molecule has 1 aromatic rings. The molecule has 1 aliphatic heterocycles. The molecule has 1 saturated heterocycles. The Balaban J connectivity index is 1.73. The fraction of sp³-hybridized carbons (Fsp3) is 0.688. The number of guanidine groups is 1. The van der Waals surface area contributed by atoms with Crippen molar-refractivity contribution in [2.75, 3.05) is 33.2 Å². The van der Waals surface area contributed by atoms with E-state index in [9.17, 15) is 0 Å². The molecule has 0 amide bonds. The zero-order valence-electron chi connectivity index (χ0n) is 14.0. The van der Waals surface area contributed by atoms with E-state index in [0.717, 1.165) is 24.7 Å². The van der Waals surface area contributed by atoms with Gasteiger partial charge in [0.05, 0.1) is 11.6 Å². The Morgan fingerprint density at radius 1 is 1.17 bits per heavy atom. The Labute approximate surface area is 149 Å². The summed E-state index contributed by atoms with van der Waals surface area (Å²) in [6.45, 7) is 5.02. The number of halogens is 2. The highest BCUT2D eigenvalue weighted by molar-refractivity contribution is 6.41. The number of aliphatic imine (C=N–C) groups is 1. The van der Waals surface area contributed by atoms with E-state index in [1.165, 1.54) is 38.8 Å². The minimum atomic E-state index is 0.563. The number of nitrogens with zero attached hydrogens (tertiary/aromatic N) is 3. The van der Waals surface area contributed by atoms with Crippen molar-refractivity contribution < 1.29 is 0 Å². The van der Waals surface area contributed by atoms with E-state index in [4.69, 9.17) is 23.2 Å². The van der Waals surface area contributed by atoms with Gasteiger partial charge in [-0.2, -0.15) is 0 Å². The third-order valence-electron chi connectivity index (χ3n) is 4.30. The molecule has 23 heavy (non-hydrogen) atoms. The molecule has 1 fully saturated rings. The minimum absolute atomic E-state index is 0.563. The van der Waals surface area contributed by atoms with Crippen LogP contribution in [0, 0.1) is 0 Å². The van der Waals surface area contributed by atoms with Crippen LogP contribution >= 0.6 is 23.2 Å². The van der Waals surface area contributed by atoms with Gasteiger partial charge in [0.2, 0.25) is 0 Å². The maximum absolute atomic E-state index is 6.08. The Bertz CT molecular complexity index is 519. The molecular weight excluding hydrogens is 333 g/mol. The molecule has 0 atom stereocenters. The summed E-state index contributed by atoms with van der Waals surface area (Å²) in [5.41, 5.74) is 1.02. The van der Waals surface area contributed by atoms with Gasteiger partial charge in [0, 0.05) is 32.9 Å². The van der Waals surface area contributed by atoms with E-state index in [2.05, 4.69) is 20.5 Å². The van der Waals surface area contributed by atoms with Crippen LogP contribution in [-0.4, -0.2) is 48.7 Å². The molecule has 5 nitrogen and oxygen atoms in total. The maximum atomic E-state index is 6.08. The average Bonchev–Trinajstić information content (AvgIpc) is 2.77. The predicted octanol–water partition coefficient (Wildman–Crippen LogP) is 2.87. The standard InChI is InChI=1S/C16H27Cl2N5/c1-19-16(20-7-10-23-8-5-3-4-6-9-23)21-12-13-11-14(17)15(18)22(13)2/h11H,3-10,12H2,1-2H3,(H2,19,20,21). The van der Waals surface area contributed by atoms with Gasteiger partial charge >= 0.3 is 0 Å². The third-order valence-corrected chi connectivity index (χ3v) is 5.14. The number of hydrogen-bond donors (Lipinski definition) is 2. The van der Waals surface area contributed by atoms with E-state index in [1.807, 2.05) is 17.7 Å². The van der Waals surface area contributed by atoms with Gasteiger partial charge in [0.1, 0.15) is 5.15 Å². The van der Waals surface area contributed by atoms with Gasteiger partial charge in [-0.1, -0.05) is 36.0 Å². The number of hydrogen-bond acceptors (Lipinski definition) is 2. The molecule has 2 rings (SSSR count). The van der Waals surface area contributed by atoms with Gasteiger partial charge in [-0.05, 0) is 32.0 Å². The SMILES string of the molecule is CN=C(NCCN1CCCCCC1)NCc1cc(Cl)c(Cl)n1C. The monoisotopic (exact) mass is 359 g/mol. The second-order valence-corrected chi connectivity index (χ2v) is 6.71. The van der Waals surface area contributed by atoms with Crippen LogP contribution in [0.1, 0.15) is 31.4 Å². The molecule has 7 heteroatoms. The summed E-state index contributed by atoms with van der Waals surface area (Å²) in [6.07, 6.45) is 5.38. The lowest BCUT2D eigenvalue weighted by Gasteiger charge is -2.20. The van der Waals surface area contributed by atoms with Crippen LogP contribution in [0.25, 0.3) is 0 Å². The second kappa shape index (κ2) is 9.40. The Hall–Kier alpha value is -0.910. The van der Waals surface area contributed by atoms with Crippen LogP contribution in [0.3, 0.4) is 0 Å². The molecule has 1 aliphatic rings. The van der Waals surface area contributed by atoms with Crippen LogP contribution < -0.4 is 10.6 Å². The first-order valence-electron chi connectivity index (χ1n) is 8.28. The van der Waals surface area contributed by atoms with Gasteiger partial charge in [-0.3, -0.25) is 4.99 Å². The molecule has 0 aliphatic carbocycles. The topological polar surface area (TPSA) is 44.6 Å². The quantitative estimate of drug-likeness (QED) is 0.627. The molecule has 0 unspecified atom stereocenters. The van der Waals surface area contributed by atoms with Gasteiger partial charge in [0.25, 0.3) is 0 Å². The van der Waals surface area contributed by atoms with Crippen LogP contribution in [0.15, 0.2) is 11.1 Å². The highest BCUT2D eigenvalue weighted by Crippen LogP contribution is 2.24. The number of aromatic nitrogens is 1. The first-order chi connectivity index (χ1) is 11.1. The smallest absolute Gasteiger partial charge is 0.191 e. The van der Waals surface area contributed by atoms with Crippen molar-refractivity contribution in [2.45, 2.75) is 32.2 Å². The lowest BCUT2D eigenvalue weighted by atomic mass is 10.2. The molecule has 0 aromatic carbocycles. The molecular formula is C16H27Cl2N5. The summed E-state index contributed by atoms with van der Waals surface area (Å²) in [5.74, 6) is 0.799. The first kappa shape index (κ1) is 18.4. The highest BCUT2D eigenvalue weighted by atomic mass is 35.5. The van der Waals surface area contributed by atoms with E-state index < -0.39 is 0 Å². The van der Waals surface area contributed by atoms with Crippen LogP contribution in [0.4, 0.5) is 0 Å². The summed E-state index contributed by atoms with van der Waals surface area (Å²) in [5, 5.41) is 7.81. The van der Waals surface area contributed by atoms with Crippen molar-refractivity contribution in [1.82, 2.24) is 20.1 Å². The largest absolute Gasteiger partial charge is 0.355 e. The molecule has 130 valence electrons. The number of nitrogens with one attached hydrogen (secondary N) is 2. The summed E-state index contributed by atoms with van der Waals surface area (Å²) in [7, 11) is 3.69. The van der Waals surface area contributed by atoms with Gasteiger partial charge in [-0.15, -0.1) is 0 Å². The van der Waals surface area contributed by atoms with Gasteiger partial charge in [-0.25, -0.2) is 0 Å². The zero-order valence-corrected chi connectivity index (χ0v) is 15.6. The Morgan fingerprint density at radius 2 is 1.87 bits per heavy atom. The highest BCUT2D eigenvalue weighted by Gasteiger charge is 2.10. The van der Waals surface area contributed by atoms with Crippen molar-refractivity contribution >= 4 is 29.2 Å². The van der Waals surface area contributed by atoms with Crippen molar-refractivity contribution in [3.8, 4) is 0 Å². The zero-order chi connectivity index (χ0) is 16.7. The molecule has 0 saturated carbocycles. The van der Waals surface area contributed by atoms with Crippen LogP contribution in [0.2, 0.25) is 10.2 Å². The van der Waals surface area contributed by atoms with E-state index >= 15 is 0 Å². The Morgan fingerprint density at radius 3 is 2.43 bits per heavy atom. The first-order valence-corrected chi connectivity index (χ1v) is 9.04. The fourth-order valence-electron chi connectivity index (χ4n) is 2.85. The molecule has 2 N–H and O–H groups in total. The summed E-state index contributed by atoms with van der Waals surface area (Å²) in [6, 6.07) is 1.88. The van der Waals surface area contributed by atoms with Crippen molar-refractivity contribution in [1.29, 1.82) is 0 Å². The van der Waals surface area contributed by atoms with Gasteiger partial charge < -0.3 is 20.1 Å². The average molecular weight is 360 g/mol. The normalized spacial score (nSPS) is 17.1. The molecule has 1 aromatic heterocycles. The summed E-state index contributed by atoms with van der Waals surface area (Å²) >= 11 is 12.1. The molecule has 0 spiro atoms. The van der Waals surface area contributed by atoms with Crippen molar-refractivity contribution in [3.63, 3.8) is 0 Å². The summed E-state index contributed by atoms with van der Waals surface area (Å²) < 4.78 is 1.88. The fourth-order valence-corrected chi connectivity index (χ4v) is 3.26. The summed E-state index contributed by atoms with van der Waals surface area (Å²) in [4.78, 5) is 6.80. The Kier molecular flexibility index (Phi) is 7.53. The molecule has 0 radical (unpaired) electrons. The van der Waals surface area contributed by atoms with Gasteiger partial charge in [0.15, 0.2) is 5.96 Å².